The van der Waals surface area contributed by atoms with Crippen LogP contribution in [-0.2, 0) is 0 Å². The molecular weight excluding hydrogens is 368 g/mol. The van der Waals surface area contributed by atoms with Crippen LogP contribution in [0.25, 0.3) is 28.7 Å². The first-order chi connectivity index (χ1) is 13.1. The SMILES string of the molecule is COc1ccc(-n2nnc(-c3nc(-c4ccc(C)cc4)no3)c2N)cc1Cl. The Balaban J connectivity index is 1.68. The smallest absolute Gasteiger partial charge is 0.282 e. The third kappa shape index (κ3) is 3.11. The number of rotatable bonds is 4. The second-order valence-electron chi connectivity index (χ2n) is 5.84. The third-order valence-corrected chi connectivity index (χ3v) is 4.32. The van der Waals surface area contributed by atoms with Crippen molar-refractivity contribution in [3.05, 3.63) is 53.1 Å². The summed E-state index contributed by atoms with van der Waals surface area (Å²) in [6, 6.07) is 13.0. The lowest BCUT2D eigenvalue weighted by Crippen LogP contribution is -2.02. The van der Waals surface area contributed by atoms with Gasteiger partial charge in [-0.25, -0.2) is 0 Å². The molecule has 0 atom stereocenters. The first kappa shape index (κ1) is 17.0. The average Bonchev–Trinajstić information content (AvgIpc) is 3.29. The molecule has 0 radical (unpaired) electrons. The van der Waals surface area contributed by atoms with E-state index in [0.29, 0.717) is 28.0 Å². The Bertz CT molecular complexity index is 1100. The number of benzene rings is 2. The minimum Gasteiger partial charge on any atom is -0.495 e. The summed E-state index contributed by atoms with van der Waals surface area (Å²) in [4.78, 5) is 4.37. The summed E-state index contributed by atoms with van der Waals surface area (Å²) in [6.45, 7) is 2.01. The monoisotopic (exact) mass is 382 g/mol. The van der Waals surface area contributed by atoms with Crippen LogP contribution in [0.2, 0.25) is 5.02 Å². The van der Waals surface area contributed by atoms with E-state index in [0.717, 1.165) is 11.1 Å². The van der Waals surface area contributed by atoms with Crippen molar-refractivity contribution in [2.45, 2.75) is 6.92 Å². The highest BCUT2D eigenvalue weighted by Gasteiger charge is 2.20. The van der Waals surface area contributed by atoms with E-state index in [-0.39, 0.29) is 11.7 Å². The average molecular weight is 383 g/mol. The molecule has 2 aromatic carbocycles. The molecule has 8 nitrogen and oxygen atoms in total. The second kappa shape index (κ2) is 6.73. The largest absolute Gasteiger partial charge is 0.495 e. The van der Waals surface area contributed by atoms with Crippen LogP contribution in [0.3, 0.4) is 0 Å². The number of hydrogen-bond donors (Lipinski definition) is 1. The quantitative estimate of drug-likeness (QED) is 0.575. The molecule has 0 bridgehead atoms. The molecule has 2 aromatic heterocycles. The normalized spacial score (nSPS) is 10.9. The molecule has 136 valence electrons. The summed E-state index contributed by atoms with van der Waals surface area (Å²) in [6.07, 6.45) is 0. The summed E-state index contributed by atoms with van der Waals surface area (Å²) in [7, 11) is 1.55. The van der Waals surface area contributed by atoms with E-state index in [9.17, 15) is 0 Å². The van der Waals surface area contributed by atoms with Crippen molar-refractivity contribution in [1.82, 2.24) is 25.1 Å². The molecule has 4 rings (SSSR count). The maximum atomic E-state index is 6.19. The topological polar surface area (TPSA) is 105 Å². The Morgan fingerprint density at radius 3 is 2.63 bits per heavy atom. The van der Waals surface area contributed by atoms with Gasteiger partial charge in [-0.15, -0.1) is 5.10 Å². The molecule has 0 aliphatic heterocycles. The molecule has 0 saturated carbocycles. The van der Waals surface area contributed by atoms with Crippen molar-refractivity contribution >= 4 is 17.4 Å². The van der Waals surface area contributed by atoms with Gasteiger partial charge in [0.05, 0.1) is 17.8 Å². The first-order valence-electron chi connectivity index (χ1n) is 8.03. The highest BCUT2D eigenvalue weighted by Crippen LogP contribution is 2.30. The summed E-state index contributed by atoms with van der Waals surface area (Å²) in [5, 5.41) is 12.6. The van der Waals surface area contributed by atoms with Gasteiger partial charge in [0.25, 0.3) is 5.89 Å². The molecule has 0 aliphatic carbocycles. The van der Waals surface area contributed by atoms with Gasteiger partial charge in [-0.1, -0.05) is 51.8 Å². The molecule has 4 aromatic rings. The van der Waals surface area contributed by atoms with Crippen molar-refractivity contribution in [3.8, 4) is 34.4 Å². The molecule has 2 N–H and O–H groups in total. The first-order valence-corrected chi connectivity index (χ1v) is 8.41. The molecule has 0 fully saturated rings. The fraction of sp³-hybridized carbons (Fsp3) is 0.111. The molecule has 0 spiro atoms. The highest BCUT2D eigenvalue weighted by molar-refractivity contribution is 6.32. The number of methoxy groups -OCH3 is 1. The minimum atomic E-state index is 0.189. The number of halogens is 1. The molecule has 0 aliphatic rings. The standard InChI is InChI=1S/C18H15ClN6O2/c1-10-3-5-11(6-4-10)17-21-18(27-23-17)15-16(20)25(24-22-15)12-7-8-14(26-2)13(19)9-12/h3-9H,20H2,1-2H3. The maximum Gasteiger partial charge on any atom is 0.282 e. The van der Waals surface area contributed by atoms with E-state index in [4.69, 9.17) is 26.6 Å². The van der Waals surface area contributed by atoms with Crippen LogP contribution in [-0.4, -0.2) is 32.2 Å². The van der Waals surface area contributed by atoms with Gasteiger partial charge in [0.1, 0.15) is 5.75 Å². The number of hydrogen-bond acceptors (Lipinski definition) is 7. The minimum absolute atomic E-state index is 0.189. The lowest BCUT2D eigenvalue weighted by molar-refractivity contribution is 0.415. The maximum absolute atomic E-state index is 6.19. The van der Waals surface area contributed by atoms with Crippen molar-refractivity contribution in [2.24, 2.45) is 0 Å². The van der Waals surface area contributed by atoms with E-state index in [1.54, 1.807) is 25.3 Å². The Morgan fingerprint density at radius 1 is 1.15 bits per heavy atom. The van der Waals surface area contributed by atoms with Gasteiger partial charge in [-0.2, -0.15) is 9.67 Å². The summed E-state index contributed by atoms with van der Waals surface area (Å²) < 4.78 is 11.9. The van der Waals surface area contributed by atoms with Gasteiger partial charge in [0.15, 0.2) is 11.5 Å². The summed E-state index contributed by atoms with van der Waals surface area (Å²) in [5.41, 5.74) is 9.11. The molecule has 9 heteroatoms. The zero-order valence-electron chi connectivity index (χ0n) is 14.5. The van der Waals surface area contributed by atoms with E-state index in [2.05, 4.69) is 20.5 Å². The van der Waals surface area contributed by atoms with Gasteiger partial charge in [0.2, 0.25) is 5.82 Å². The van der Waals surface area contributed by atoms with Crippen LogP contribution in [0.4, 0.5) is 5.82 Å². The van der Waals surface area contributed by atoms with Crippen LogP contribution in [0.15, 0.2) is 47.0 Å². The van der Waals surface area contributed by atoms with E-state index >= 15 is 0 Å². The summed E-state index contributed by atoms with van der Waals surface area (Å²) in [5.74, 6) is 1.45. The molecule has 0 unspecified atom stereocenters. The van der Waals surface area contributed by atoms with Crippen molar-refractivity contribution in [2.75, 3.05) is 12.8 Å². The van der Waals surface area contributed by atoms with Crippen LogP contribution < -0.4 is 10.5 Å². The number of nitrogens with zero attached hydrogens (tertiary/aromatic N) is 5. The lowest BCUT2D eigenvalue weighted by atomic mass is 10.1. The Hall–Kier alpha value is -3.39. The number of aromatic nitrogens is 5. The Morgan fingerprint density at radius 2 is 1.93 bits per heavy atom. The van der Waals surface area contributed by atoms with E-state index in [1.807, 2.05) is 31.2 Å². The van der Waals surface area contributed by atoms with Gasteiger partial charge >= 0.3 is 0 Å². The second-order valence-corrected chi connectivity index (χ2v) is 6.25. The number of anilines is 1. The zero-order valence-corrected chi connectivity index (χ0v) is 15.3. The zero-order chi connectivity index (χ0) is 19.0. The van der Waals surface area contributed by atoms with Crippen molar-refractivity contribution < 1.29 is 9.26 Å². The Labute approximate surface area is 159 Å². The highest BCUT2D eigenvalue weighted by atomic mass is 35.5. The van der Waals surface area contributed by atoms with Gasteiger partial charge in [0, 0.05) is 5.56 Å². The van der Waals surface area contributed by atoms with E-state index < -0.39 is 0 Å². The fourth-order valence-electron chi connectivity index (χ4n) is 2.56. The predicted molar refractivity (Wildman–Crippen MR) is 101 cm³/mol. The number of ether oxygens (including phenoxy) is 1. The van der Waals surface area contributed by atoms with Crippen LogP contribution in [0, 0.1) is 6.92 Å². The van der Waals surface area contributed by atoms with Crippen molar-refractivity contribution in [1.29, 1.82) is 0 Å². The van der Waals surface area contributed by atoms with E-state index in [1.165, 1.54) is 4.68 Å². The Kier molecular flexibility index (Phi) is 4.25. The van der Waals surface area contributed by atoms with Crippen molar-refractivity contribution in [3.63, 3.8) is 0 Å². The molecule has 27 heavy (non-hydrogen) atoms. The predicted octanol–water partition coefficient (Wildman–Crippen LogP) is 3.54. The van der Waals surface area contributed by atoms with Gasteiger partial charge in [-0.05, 0) is 25.1 Å². The van der Waals surface area contributed by atoms with Crippen LogP contribution in [0.5, 0.6) is 5.75 Å². The fourth-order valence-corrected chi connectivity index (χ4v) is 2.81. The lowest BCUT2D eigenvalue weighted by Gasteiger charge is -2.06. The molecule has 0 amide bonds. The third-order valence-electron chi connectivity index (χ3n) is 4.02. The molecule has 0 saturated heterocycles. The molecule has 2 heterocycles. The van der Waals surface area contributed by atoms with Gasteiger partial charge in [-0.3, -0.25) is 0 Å². The number of aryl methyl sites for hydroxylation is 1. The van der Waals surface area contributed by atoms with Crippen LogP contribution >= 0.6 is 11.6 Å². The summed E-state index contributed by atoms with van der Waals surface area (Å²) >= 11 is 6.17. The number of nitrogen functional groups attached to an aromatic ring is 1. The van der Waals surface area contributed by atoms with Crippen LogP contribution in [0.1, 0.15) is 5.56 Å². The molecular formula is C18H15ClN6O2. The van der Waals surface area contributed by atoms with Gasteiger partial charge < -0.3 is 15.0 Å². The number of nitrogens with two attached hydrogens (primary N) is 1.